The fourth-order valence-corrected chi connectivity index (χ4v) is 0.400. The predicted molar refractivity (Wildman–Crippen MR) is 57.4 cm³/mol. The molecule has 13 heavy (non-hydrogen) atoms. The minimum atomic E-state index is 0. The van der Waals surface area contributed by atoms with Crippen molar-refractivity contribution < 1.29 is 18.9 Å². The molecule has 0 aliphatic carbocycles. The summed E-state index contributed by atoms with van der Waals surface area (Å²) in [5, 5.41) is 0. The fraction of sp³-hybridized carbons (Fsp3) is 0.900. The fourth-order valence-electron chi connectivity index (χ4n) is 0.400. The molecule has 0 aromatic rings. The average Bonchev–Trinajstić information content (AvgIpc) is 1.82. The summed E-state index contributed by atoms with van der Waals surface area (Å²) in [5.74, 6) is 1.42. The van der Waals surface area contributed by atoms with E-state index in [0.717, 1.165) is 13.1 Å². The van der Waals surface area contributed by atoms with Gasteiger partial charge in [0.15, 0.2) is 0 Å². The van der Waals surface area contributed by atoms with E-state index in [-0.39, 0.29) is 18.9 Å². The maximum atomic E-state index is 2.18. The van der Waals surface area contributed by atoms with Crippen molar-refractivity contribution in [3.63, 3.8) is 0 Å². The molecule has 0 saturated carbocycles. The maximum Gasteiger partial charge on any atom is 1.00 e. The van der Waals surface area contributed by atoms with E-state index in [1.807, 2.05) is 0 Å². The Morgan fingerprint density at radius 2 is 0.923 bits per heavy atom. The first-order chi connectivity index (χ1) is 5.36. The zero-order valence-corrected chi connectivity index (χ0v) is 10.8. The van der Waals surface area contributed by atoms with E-state index in [1.165, 1.54) is 5.92 Å². The Hall–Kier alpha value is 0.517. The molecule has 2 nitrogen and oxygen atoms in total. The van der Waals surface area contributed by atoms with Crippen LogP contribution in [0.4, 0.5) is 0 Å². The summed E-state index contributed by atoms with van der Waals surface area (Å²) in [6.45, 7) is 8.54. The van der Waals surface area contributed by atoms with Crippen LogP contribution in [0.2, 0.25) is 0 Å². The number of hydrogen-bond acceptors (Lipinski definition) is 2. The van der Waals surface area contributed by atoms with Crippen molar-refractivity contribution in [2.45, 2.75) is 20.8 Å². The molecule has 0 bridgehead atoms. The van der Waals surface area contributed by atoms with Gasteiger partial charge in [-0.2, -0.15) is 20.8 Å². The van der Waals surface area contributed by atoms with Gasteiger partial charge in [0.25, 0.3) is 0 Å². The summed E-state index contributed by atoms with van der Waals surface area (Å²) in [6.07, 6.45) is 0. The molecule has 0 amide bonds. The predicted octanol–water partition coefficient (Wildman–Crippen LogP) is -1.27. The van der Waals surface area contributed by atoms with Crippen molar-refractivity contribution in [2.75, 3.05) is 41.3 Å². The zero-order valence-electron chi connectivity index (χ0n) is 10.8. The second-order valence-corrected chi connectivity index (χ2v) is 4.11. The Kier molecular flexibility index (Phi) is 18.4. The van der Waals surface area contributed by atoms with Crippen molar-refractivity contribution in [1.29, 1.82) is 0 Å². The molecule has 0 unspecified atom stereocenters. The first-order valence-corrected chi connectivity index (χ1v) is 4.42. The third kappa shape index (κ3) is 45.5. The molecule has 0 N–H and O–H groups in total. The molecule has 0 aromatic carbocycles. The van der Waals surface area contributed by atoms with Crippen molar-refractivity contribution in [3.05, 3.63) is 5.92 Å². The molecule has 0 aromatic heterocycles. The quantitative estimate of drug-likeness (QED) is 0.395. The minimum absolute atomic E-state index is 0. The van der Waals surface area contributed by atoms with E-state index < -0.39 is 0 Å². The standard InChI is InChI=1S/C6H16N2.C4H9.Li/c1-7(2)5-6-8(3)4;1-4(2)3;/h5-6H2,1-4H3;1-3H3;/q;-1;+1. The SMILES string of the molecule is CN(C)CCN(C)C.C[C-](C)C.[Li+]. The minimum Gasteiger partial charge on any atom is -0.323 e. The Balaban J connectivity index is -0.000000173. The Bertz CT molecular complexity index is 72.2. The van der Waals surface area contributed by atoms with Crippen molar-refractivity contribution in [2.24, 2.45) is 0 Å². The van der Waals surface area contributed by atoms with Crippen LogP contribution in [-0.2, 0) is 0 Å². The molecule has 0 aliphatic rings. The Morgan fingerprint density at radius 1 is 0.769 bits per heavy atom. The summed E-state index contributed by atoms with van der Waals surface area (Å²) in [7, 11) is 8.35. The first-order valence-electron chi connectivity index (χ1n) is 4.42. The van der Waals surface area contributed by atoms with Gasteiger partial charge < -0.3 is 15.7 Å². The van der Waals surface area contributed by atoms with Crippen LogP contribution in [-0.4, -0.2) is 51.1 Å². The van der Waals surface area contributed by atoms with Gasteiger partial charge in [-0.05, 0) is 28.2 Å². The normalized spacial score (nSPS) is 9.69. The monoisotopic (exact) mass is 180 g/mol. The van der Waals surface area contributed by atoms with Gasteiger partial charge in [-0.25, -0.2) is 0 Å². The van der Waals surface area contributed by atoms with Gasteiger partial charge in [0.05, 0.1) is 0 Å². The molecular formula is C10H25LiN2. The molecule has 0 saturated heterocycles. The summed E-state index contributed by atoms with van der Waals surface area (Å²) in [5.41, 5.74) is 0. The molecule has 0 heterocycles. The molecule has 0 rings (SSSR count). The molecule has 0 radical (unpaired) electrons. The number of nitrogens with zero attached hydrogens (tertiary/aromatic N) is 2. The van der Waals surface area contributed by atoms with Gasteiger partial charge in [0.1, 0.15) is 0 Å². The van der Waals surface area contributed by atoms with Crippen molar-refractivity contribution in [3.8, 4) is 0 Å². The topological polar surface area (TPSA) is 6.48 Å². The Labute approximate surface area is 96.8 Å². The van der Waals surface area contributed by atoms with Crippen LogP contribution in [0.25, 0.3) is 0 Å². The molecule has 3 heteroatoms. The number of likely N-dealkylation sites (N-methyl/N-ethyl adjacent to an activating group) is 2. The van der Waals surface area contributed by atoms with Gasteiger partial charge in [-0.1, -0.05) is 0 Å². The molecule has 76 valence electrons. The maximum absolute atomic E-state index is 2.18. The molecular weight excluding hydrogens is 155 g/mol. The average molecular weight is 180 g/mol. The van der Waals surface area contributed by atoms with Gasteiger partial charge in [-0.3, -0.25) is 0 Å². The van der Waals surface area contributed by atoms with Crippen LogP contribution in [0.5, 0.6) is 0 Å². The van der Waals surface area contributed by atoms with Crippen LogP contribution in [0.3, 0.4) is 0 Å². The molecule has 0 spiro atoms. The first kappa shape index (κ1) is 19.1. The molecule has 0 atom stereocenters. The van der Waals surface area contributed by atoms with Gasteiger partial charge in [0, 0.05) is 13.1 Å². The smallest absolute Gasteiger partial charge is 0.323 e. The summed E-state index contributed by atoms with van der Waals surface area (Å²) < 4.78 is 0. The second-order valence-electron chi connectivity index (χ2n) is 4.11. The van der Waals surface area contributed by atoms with E-state index in [2.05, 4.69) is 58.8 Å². The summed E-state index contributed by atoms with van der Waals surface area (Å²) in [4.78, 5) is 4.36. The molecule has 0 aliphatic heterocycles. The van der Waals surface area contributed by atoms with Crippen LogP contribution >= 0.6 is 0 Å². The van der Waals surface area contributed by atoms with Crippen LogP contribution in [0.15, 0.2) is 0 Å². The van der Waals surface area contributed by atoms with Crippen LogP contribution in [0, 0.1) is 5.92 Å². The molecule has 0 fully saturated rings. The largest absolute Gasteiger partial charge is 1.00 e. The van der Waals surface area contributed by atoms with Crippen LogP contribution < -0.4 is 18.9 Å². The number of hydrogen-bond donors (Lipinski definition) is 0. The zero-order chi connectivity index (χ0) is 10.1. The van der Waals surface area contributed by atoms with Gasteiger partial charge >= 0.3 is 18.9 Å². The van der Waals surface area contributed by atoms with E-state index in [9.17, 15) is 0 Å². The number of rotatable bonds is 3. The van der Waals surface area contributed by atoms with E-state index >= 15 is 0 Å². The summed E-state index contributed by atoms with van der Waals surface area (Å²) >= 11 is 0. The third-order valence-corrected chi connectivity index (χ3v) is 0.994. The van der Waals surface area contributed by atoms with Crippen molar-refractivity contribution >= 4 is 0 Å². The van der Waals surface area contributed by atoms with E-state index in [4.69, 9.17) is 0 Å². The van der Waals surface area contributed by atoms with Crippen LogP contribution in [0.1, 0.15) is 20.8 Å². The second kappa shape index (κ2) is 12.5. The van der Waals surface area contributed by atoms with E-state index in [0.29, 0.717) is 0 Å². The van der Waals surface area contributed by atoms with Gasteiger partial charge in [0.2, 0.25) is 0 Å². The van der Waals surface area contributed by atoms with Crippen molar-refractivity contribution in [1.82, 2.24) is 9.80 Å². The Morgan fingerprint density at radius 3 is 1.00 bits per heavy atom. The third-order valence-electron chi connectivity index (χ3n) is 0.994. The van der Waals surface area contributed by atoms with Gasteiger partial charge in [-0.15, -0.1) is 0 Å². The summed E-state index contributed by atoms with van der Waals surface area (Å²) in [6, 6.07) is 0. The van der Waals surface area contributed by atoms with E-state index in [1.54, 1.807) is 0 Å².